The smallest absolute Gasteiger partial charge is 0.350 e. The topological polar surface area (TPSA) is 75.7 Å². The highest BCUT2D eigenvalue weighted by molar-refractivity contribution is 7.12. The van der Waals surface area contributed by atoms with Crippen LogP contribution in [0.3, 0.4) is 0 Å². The molecule has 0 saturated heterocycles. The molecule has 1 aromatic heterocycles. The van der Waals surface area contributed by atoms with E-state index in [9.17, 15) is 14.4 Å². The van der Waals surface area contributed by atoms with Crippen molar-refractivity contribution in [2.75, 3.05) is 23.9 Å². The Morgan fingerprint density at radius 3 is 2.75 bits per heavy atom. The van der Waals surface area contributed by atoms with Crippen molar-refractivity contribution in [2.45, 2.75) is 13.3 Å². The van der Waals surface area contributed by atoms with Gasteiger partial charge in [0.2, 0.25) is 5.91 Å². The standard InChI is InChI=1S/C17H16N2O4S/c1-10(20)19-7-5-11-9-12(3-4-14(11)19)16(21)18-13-6-8-24-15(13)17(22)23-2/h3-4,6,8-9H,5,7H2,1-2H3,(H,18,21). The summed E-state index contributed by atoms with van der Waals surface area (Å²) in [4.78, 5) is 37.7. The number of amides is 2. The summed E-state index contributed by atoms with van der Waals surface area (Å²) in [5.74, 6) is -0.791. The number of esters is 1. The predicted octanol–water partition coefficient (Wildman–Crippen LogP) is 2.70. The second kappa shape index (κ2) is 6.45. The average Bonchev–Trinajstić information content (AvgIpc) is 3.19. The van der Waals surface area contributed by atoms with Crippen molar-refractivity contribution in [3.05, 3.63) is 45.6 Å². The number of benzene rings is 1. The van der Waals surface area contributed by atoms with E-state index >= 15 is 0 Å². The van der Waals surface area contributed by atoms with Crippen molar-refractivity contribution in [1.29, 1.82) is 0 Å². The maximum Gasteiger partial charge on any atom is 0.350 e. The van der Waals surface area contributed by atoms with Gasteiger partial charge < -0.3 is 15.0 Å². The molecule has 0 fully saturated rings. The molecule has 1 aromatic carbocycles. The van der Waals surface area contributed by atoms with E-state index in [1.54, 1.807) is 34.5 Å². The monoisotopic (exact) mass is 344 g/mol. The molecule has 6 nitrogen and oxygen atoms in total. The molecule has 0 atom stereocenters. The number of rotatable bonds is 3. The Morgan fingerprint density at radius 2 is 2.04 bits per heavy atom. The molecule has 1 aliphatic rings. The summed E-state index contributed by atoms with van der Waals surface area (Å²) in [6.07, 6.45) is 0.724. The number of carbonyl (C=O) groups excluding carboxylic acids is 3. The summed E-state index contributed by atoms with van der Waals surface area (Å²) < 4.78 is 4.70. The van der Waals surface area contributed by atoms with Crippen LogP contribution in [0.1, 0.15) is 32.5 Å². The number of thiophene rings is 1. The normalized spacial score (nSPS) is 12.7. The van der Waals surface area contributed by atoms with Crippen molar-refractivity contribution >= 4 is 40.5 Å². The van der Waals surface area contributed by atoms with Crippen LogP contribution >= 0.6 is 11.3 Å². The van der Waals surface area contributed by atoms with Crippen molar-refractivity contribution < 1.29 is 19.1 Å². The fourth-order valence-corrected chi connectivity index (χ4v) is 3.49. The Balaban J connectivity index is 1.81. The van der Waals surface area contributed by atoms with Gasteiger partial charge in [-0.25, -0.2) is 4.79 Å². The fourth-order valence-electron chi connectivity index (χ4n) is 2.72. The molecule has 7 heteroatoms. The van der Waals surface area contributed by atoms with Gasteiger partial charge >= 0.3 is 5.97 Å². The molecule has 0 saturated carbocycles. The third-order valence-corrected chi connectivity index (χ3v) is 4.80. The van der Waals surface area contributed by atoms with Crippen molar-refractivity contribution in [3.63, 3.8) is 0 Å². The first-order valence-electron chi connectivity index (χ1n) is 7.39. The van der Waals surface area contributed by atoms with E-state index in [4.69, 9.17) is 4.74 Å². The summed E-state index contributed by atoms with van der Waals surface area (Å²) >= 11 is 1.21. The zero-order chi connectivity index (χ0) is 17.3. The molecule has 2 amide bonds. The number of hydrogen-bond donors (Lipinski definition) is 1. The van der Waals surface area contributed by atoms with Gasteiger partial charge in [-0.05, 0) is 41.6 Å². The number of fused-ring (bicyclic) bond motifs is 1. The van der Waals surface area contributed by atoms with E-state index in [1.165, 1.54) is 25.4 Å². The summed E-state index contributed by atoms with van der Waals surface area (Å²) in [5, 5.41) is 4.45. The molecule has 24 heavy (non-hydrogen) atoms. The lowest BCUT2D eigenvalue weighted by Crippen LogP contribution is -2.25. The number of ether oxygens (including phenoxy) is 1. The fraction of sp³-hybridized carbons (Fsp3) is 0.235. The first-order valence-corrected chi connectivity index (χ1v) is 8.27. The van der Waals surface area contributed by atoms with E-state index < -0.39 is 5.97 Å². The highest BCUT2D eigenvalue weighted by atomic mass is 32.1. The van der Waals surface area contributed by atoms with Crippen LogP contribution in [0.5, 0.6) is 0 Å². The second-order valence-corrected chi connectivity index (χ2v) is 6.29. The highest BCUT2D eigenvalue weighted by Gasteiger charge is 2.23. The number of methoxy groups -OCH3 is 1. The van der Waals surface area contributed by atoms with Gasteiger partial charge in [0, 0.05) is 24.7 Å². The maximum absolute atomic E-state index is 12.5. The third kappa shape index (κ3) is 2.90. The molecular weight excluding hydrogens is 328 g/mol. The van der Waals surface area contributed by atoms with Crippen molar-refractivity contribution in [1.82, 2.24) is 0 Å². The van der Waals surface area contributed by atoms with Crippen molar-refractivity contribution in [2.24, 2.45) is 0 Å². The van der Waals surface area contributed by atoms with Crippen LogP contribution in [-0.2, 0) is 16.0 Å². The van der Waals surface area contributed by atoms with Crippen LogP contribution in [0.2, 0.25) is 0 Å². The minimum absolute atomic E-state index is 0.00746. The van der Waals surface area contributed by atoms with Gasteiger partial charge in [-0.2, -0.15) is 0 Å². The Hall–Kier alpha value is -2.67. The van der Waals surface area contributed by atoms with Crippen LogP contribution in [0.15, 0.2) is 29.6 Å². The van der Waals surface area contributed by atoms with Gasteiger partial charge in [-0.15, -0.1) is 11.3 Å². The maximum atomic E-state index is 12.5. The molecule has 0 spiro atoms. The van der Waals surface area contributed by atoms with Crippen LogP contribution in [0.4, 0.5) is 11.4 Å². The minimum Gasteiger partial charge on any atom is -0.465 e. The lowest BCUT2D eigenvalue weighted by atomic mass is 10.1. The number of hydrogen-bond acceptors (Lipinski definition) is 5. The number of nitrogens with zero attached hydrogens (tertiary/aromatic N) is 1. The molecule has 0 aliphatic carbocycles. The molecule has 2 heterocycles. The van der Waals surface area contributed by atoms with Gasteiger partial charge in [0.05, 0.1) is 12.8 Å². The minimum atomic E-state index is -0.480. The molecule has 0 bridgehead atoms. The van der Waals surface area contributed by atoms with Gasteiger partial charge in [0.15, 0.2) is 0 Å². The summed E-state index contributed by atoms with van der Waals surface area (Å²) in [7, 11) is 1.30. The number of nitrogens with one attached hydrogen (secondary N) is 1. The molecule has 124 valence electrons. The first-order chi connectivity index (χ1) is 11.5. The third-order valence-electron chi connectivity index (χ3n) is 3.90. The van der Waals surface area contributed by atoms with Crippen LogP contribution in [-0.4, -0.2) is 31.4 Å². The summed E-state index contributed by atoms with van der Waals surface area (Å²) in [6, 6.07) is 6.92. The Bertz CT molecular complexity index is 828. The number of carbonyl (C=O) groups is 3. The van der Waals surface area contributed by atoms with E-state index in [-0.39, 0.29) is 11.8 Å². The van der Waals surface area contributed by atoms with E-state index in [0.717, 1.165) is 17.7 Å². The molecule has 2 aromatic rings. The van der Waals surface area contributed by atoms with Crippen molar-refractivity contribution in [3.8, 4) is 0 Å². The van der Waals surface area contributed by atoms with E-state index in [2.05, 4.69) is 5.32 Å². The van der Waals surface area contributed by atoms with E-state index in [0.29, 0.717) is 22.7 Å². The Morgan fingerprint density at radius 1 is 1.25 bits per heavy atom. The molecule has 1 aliphatic heterocycles. The average molecular weight is 344 g/mol. The van der Waals surface area contributed by atoms with Gasteiger partial charge in [0.25, 0.3) is 5.91 Å². The molecular formula is C17H16N2O4S. The molecule has 1 N–H and O–H groups in total. The highest BCUT2D eigenvalue weighted by Crippen LogP contribution is 2.29. The zero-order valence-corrected chi connectivity index (χ0v) is 14.1. The Labute approximate surface area is 143 Å². The van der Waals surface area contributed by atoms with Gasteiger partial charge in [0.1, 0.15) is 4.88 Å². The lowest BCUT2D eigenvalue weighted by molar-refractivity contribution is -0.116. The molecule has 0 radical (unpaired) electrons. The Kier molecular flexibility index (Phi) is 4.35. The van der Waals surface area contributed by atoms with Crippen LogP contribution < -0.4 is 10.2 Å². The largest absolute Gasteiger partial charge is 0.465 e. The zero-order valence-electron chi connectivity index (χ0n) is 13.3. The SMILES string of the molecule is COC(=O)c1sccc1NC(=O)c1ccc2c(c1)CCN2C(C)=O. The number of anilines is 2. The van der Waals surface area contributed by atoms with Gasteiger partial charge in [-0.1, -0.05) is 0 Å². The lowest BCUT2D eigenvalue weighted by Gasteiger charge is -2.14. The van der Waals surface area contributed by atoms with Crippen LogP contribution in [0.25, 0.3) is 0 Å². The van der Waals surface area contributed by atoms with E-state index in [1.807, 2.05) is 0 Å². The molecule has 3 rings (SSSR count). The first kappa shape index (κ1) is 16.2. The summed E-state index contributed by atoms with van der Waals surface area (Å²) in [6.45, 7) is 2.16. The second-order valence-electron chi connectivity index (χ2n) is 5.37. The quantitative estimate of drug-likeness (QED) is 0.869. The summed E-state index contributed by atoms with van der Waals surface area (Å²) in [5.41, 5.74) is 2.74. The molecule has 0 unspecified atom stereocenters. The predicted molar refractivity (Wildman–Crippen MR) is 91.8 cm³/mol. The van der Waals surface area contributed by atoms with Gasteiger partial charge in [-0.3, -0.25) is 9.59 Å². The van der Waals surface area contributed by atoms with Crippen LogP contribution in [0, 0.1) is 0 Å².